The van der Waals surface area contributed by atoms with Gasteiger partial charge in [0.05, 0.1) is 65.4 Å². The lowest BCUT2D eigenvalue weighted by atomic mass is 9.75. The van der Waals surface area contributed by atoms with Crippen molar-refractivity contribution in [2.24, 2.45) is 16.7 Å². The first-order valence-electron chi connectivity index (χ1n) is 30.6. The number of benzene rings is 6. The summed E-state index contributed by atoms with van der Waals surface area (Å²) in [6.07, 6.45) is 2.28. The van der Waals surface area contributed by atoms with Crippen LogP contribution in [0.3, 0.4) is 0 Å². The number of rotatable bonds is 32. The molecule has 0 spiro atoms. The van der Waals surface area contributed by atoms with E-state index in [0.29, 0.717) is 25.9 Å². The van der Waals surface area contributed by atoms with Gasteiger partial charge in [-0.1, -0.05) is 281 Å². The zero-order valence-corrected chi connectivity index (χ0v) is 61.4. The molecule has 22 heteroatoms. The molecule has 512 valence electrons. The van der Waals surface area contributed by atoms with Crippen LogP contribution in [0.1, 0.15) is 110 Å². The van der Waals surface area contributed by atoms with E-state index in [1.165, 1.54) is 34.0 Å². The molecule has 0 aliphatic carbocycles. The Balaban J connectivity index is 0.000000369. The van der Waals surface area contributed by atoms with Crippen LogP contribution in [0.25, 0.3) is 6.08 Å². The average Bonchev–Trinajstić information content (AvgIpc) is 1.34. The molecule has 0 fully saturated rings. The van der Waals surface area contributed by atoms with Gasteiger partial charge >= 0.3 is 47.8 Å². The number of hydrogen-bond acceptors (Lipinski definition) is 20. The number of methoxy groups -OCH3 is 4. The molecule has 0 heterocycles. The molecule has 0 aromatic heterocycles. The molecule has 0 saturated heterocycles. The van der Waals surface area contributed by atoms with E-state index in [9.17, 15) is 38.4 Å². The van der Waals surface area contributed by atoms with Gasteiger partial charge in [-0.25, -0.2) is 0 Å². The lowest BCUT2D eigenvalue weighted by Gasteiger charge is -2.32. The third-order valence-corrected chi connectivity index (χ3v) is 19.5. The van der Waals surface area contributed by atoms with Crippen LogP contribution < -0.4 is 0 Å². The van der Waals surface area contributed by atoms with Gasteiger partial charge in [0.15, 0.2) is 0 Å². The normalized spacial score (nSPS) is 14.1. The number of halogens is 2. The largest absolute Gasteiger partial charge is 0.469 e. The van der Waals surface area contributed by atoms with Crippen LogP contribution in [-0.4, -0.2) is 126 Å². The summed E-state index contributed by atoms with van der Waals surface area (Å²) in [5.41, 5.74) is 2.41. The van der Waals surface area contributed by atoms with E-state index >= 15 is 0 Å². The second-order valence-corrected chi connectivity index (χ2v) is 28.6. The van der Waals surface area contributed by atoms with Crippen molar-refractivity contribution < 1.29 is 76.3 Å². The number of esters is 8. The van der Waals surface area contributed by atoms with Crippen LogP contribution in [0, 0.1) is 16.7 Å². The van der Waals surface area contributed by atoms with Crippen LogP contribution in [0.4, 0.5) is 0 Å². The van der Waals surface area contributed by atoms with Gasteiger partial charge in [-0.15, -0.1) is 0 Å². The number of hydrogen-bond donors (Lipinski definition) is 0. The van der Waals surface area contributed by atoms with E-state index in [0.717, 1.165) is 40.2 Å². The number of thiocarbonyl (C=S) groups is 2. The van der Waals surface area contributed by atoms with Gasteiger partial charge in [0.25, 0.3) is 0 Å². The smallest absolute Gasteiger partial charge is 0.319 e. The minimum atomic E-state index is -1.32. The first kappa shape index (κ1) is 81.1. The number of carbonyl (C=O) groups is 8. The third-order valence-electron chi connectivity index (χ3n) is 15.0. The van der Waals surface area contributed by atoms with Crippen molar-refractivity contribution in [2.75, 3.05) is 54.9 Å². The Kier molecular flexibility index (Phi) is 36.4. The van der Waals surface area contributed by atoms with Gasteiger partial charge in [-0.3, -0.25) is 38.4 Å². The Labute approximate surface area is 599 Å². The maximum atomic E-state index is 13.6. The molecule has 6 aromatic carbocycles. The van der Waals surface area contributed by atoms with Gasteiger partial charge in [0.2, 0.25) is 0 Å². The molecule has 0 radical (unpaired) electrons. The summed E-state index contributed by atoms with van der Waals surface area (Å²) in [7, 11) is 5.09. The first-order valence-corrected chi connectivity index (χ1v) is 35.0. The molecule has 0 saturated carbocycles. The molecule has 6 rings (SSSR count). The van der Waals surface area contributed by atoms with E-state index in [1.54, 1.807) is 76.2 Å². The van der Waals surface area contributed by atoms with Crippen molar-refractivity contribution in [1.82, 2.24) is 0 Å². The Morgan fingerprint density at radius 1 is 0.438 bits per heavy atom. The molecule has 0 N–H and O–H groups in total. The highest BCUT2D eigenvalue weighted by Crippen LogP contribution is 2.43. The van der Waals surface area contributed by atoms with Crippen molar-refractivity contribution >= 4 is 142 Å². The minimum Gasteiger partial charge on any atom is -0.469 e. The van der Waals surface area contributed by atoms with Crippen LogP contribution in [0.5, 0.6) is 0 Å². The molecular weight excluding hydrogens is 1430 g/mol. The standard InChI is InChI=1S/C37H41BrO8S2.C29H33BrO8S2.C8H8/c1-25(22-30(38)27-16-10-6-11-17-27)32(39)45-20-21-46-34(41)31(48-35(47)28-18-12-7-13-19-28)24-37(2,36(42)44-4)23-29(33(40)43-3)26-14-8-5-9-15-26;1-19(30)24(31)37-15-16-38-26(33)23(40-27(39)21-13-9-6-10-14-21)18-29(2,28(34)36-4)17-22(25(32)35-3)20-11-7-5-8-12-20;1-2-8-6-4-3-5-7-8/h5-19,25,29-31H,20-24H2,1-4H3;5-14,19,22-23H,15-18H2,1-4H3;2-7H,1H2. The van der Waals surface area contributed by atoms with Crippen molar-refractivity contribution in [3.8, 4) is 0 Å². The second kappa shape index (κ2) is 43.1. The lowest BCUT2D eigenvalue weighted by molar-refractivity contribution is -0.158. The lowest BCUT2D eigenvalue weighted by Crippen LogP contribution is -2.38. The van der Waals surface area contributed by atoms with Crippen molar-refractivity contribution in [2.45, 2.75) is 91.8 Å². The third kappa shape index (κ3) is 27.3. The Hall–Kier alpha value is -7.34. The van der Waals surface area contributed by atoms with E-state index in [1.807, 2.05) is 140 Å². The van der Waals surface area contributed by atoms with Crippen LogP contribution in [-0.2, 0) is 76.3 Å². The number of alkyl halides is 2. The maximum absolute atomic E-state index is 13.6. The molecule has 9 unspecified atom stereocenters. The molecule has 0 amide bonds. The van der Waals surface area contributed by atoms with E-state index in [4.69, 9.17) is 62.3 Å². The number of carbonyl (C=O) groups excluding carboxylic acids is 8. The van der Waals surface area contributed by atoms with E-state index < -0.39 is 91.7 Å². The average molecular weight is 1520 g/mol. The van der Waals surface area contributed by atoms with Gasteiger partial charge in [-0.05, 0) is 86.3 Å². The molecule has 0 aliphatic rings. The monoisotopic (exact) mass is 1510 g/mol. The van der Waals surface area contributed by atoms with Crippen molar-refractivity contribution in [1.29, 1.82) is 0 Å². The highest BCUT2D eigenvalue weighted by Gasteiger charge is 2.46. The molecule has 0 bridgehead atoms. The van der Waals surface area contributed by atoms with Crippen molar-refractivity contribution in [3.05, 3.63) is 222 Å². The maximum Gasteiger partial charge on any atom is 0.319 e. The summed E-state index contributed by atoms with van der Waals surface area (Å²) in [4.78, 5) is 103. The van der Waals surface area contributed by atoms with Crippen LogP contribution in [0.15, 0.2) is 189 Å². The molecule has 9 atom stereocenters. The summed E-state index contributed by atoms with van der Waals surface area (Å²) in [6.45, 7) is 9.70. The fraction of sp³-hybridized carbons (Fsp3) is 0.351. The molecule has 96 heavy (non-hydrogen) atoms. The van der Waals surface area contributed by atoms with Crippen molar-refractivity contribution in [3.63, 3.8) is 0 Å². The fourth-order valence-electron chi connectivity index (χ4n) is 9.74. The predicted molar refractivity (Wildman–Crippen MR) is 391 cm³/mol. The summed E-state index contributed by atoms with van der Waals surface area (Å²) < 4.78 is 42.8. The predicted octanol–water partition coefficient (Wildman–Crippen LogP) is 15.2. The fourth-order valence-corrected chi connectivity index (χ4v) is 14.0. The second-order valence-electron chi connectivity index (χ2n) is 22.3. The van der Waals surface area contributed by atoms with Gasteiger partial charge in [0, 0.05) is 4.83 Å². The highest BCUT2D eigenvalue weighted by atomic mass is 79.9. The summed E-state index contributed by atoms with van der Waals surface area (Å²) in [5.74, 6) is -6.40. The number of thioether (sulfide) groups is 2. The SMILES string of the molecule is C=Cc1ccccc1.COC(=O)C(CC(C)(CC(SC(=S)c1ccccc1)C(=O)OCCOC(=O)C(C)Br)C(=O)OC)c1ccccc1.COC(=O)C(CC(C)(CC(SC(=S)c1ccccc1)C(=O)OCCOC(=O)C(C)CC(Br)c1ccccc1)C(=O)OC)c1ccccc1. The van der Waals surface area contributed by atoms with Crippen LogP contribution >= 0.6 is 79.8 Å². The summed E-state index contributed by atoms with van der Waals surface area (Å²) in [6, 6.07) is 56.1. The molecule has 6 aromatic rings. The zero-order chi connectivity index (χ0) is 70.6. The Morgan fingerprint density at radius 2 is 0.750 bits per heavy atom. The Bertz CT molecular complexity index is 3450. The highest BCUT2D eigenvalue weighted by molar-refractivity contribution is 9.10. The minimum absolute atomic E-state index is 0.00580. The zero-order valence-electron chi connectivity index (χ0n) is 54.9. The number of ether oxygens (including phenoxy) is 8. The molecule has 0 aliphatic heterocycles. The van der Waals surface area contributed by atoms with Gasteiger partial charge < -0.3 is 37.9 Å². The van der Waals surface area contributed by atoms with E-state index in [-0.39, 0.29) is 56.9 Å². The molecular formula is C74H82Br2O16S4. The topological polar surface area (TPSA) is 210 Å². The van der Waals surface area contributed by atoms with Crippen LogP contribution in [0.2, 0.25) is 0 Å². The first-order chi connectivity index (χ1) is 45.9. The van der Waals surface area contributed by atoms with E-state index in [2.05, 4.69) is 38.4 Å². The summed E-state index contributed by atoms with van der Waals surface area (Å²) in [5, 5.41) is -1.89. The molecule has 16 nitrogen and oxygen atoms in total. The van der Waals surface area contributed by atoms with Gasteiger partial charge in [0.1, 0.15) is 41.8 Å². The summed E-state index contributed by atoms with van der Waals surface area (Å²) >= 11 is 20.2. The quantitative estimate of drug-likeness (QED) is 0.0126. The van der Waals surface area contributed by atoms with Gasteiger partial charge in [-0.2, -0.15) is 0 Å². The Morgan fingerprint density at radius 3 is 1.06 bits per heavy atom.